The summed E-state index contributed by atoms with van der Waals surface area (Å²) >= 11 is 6.82. The monoisotopic (exact) mass is 599 g/mol. The lowest BCUT2D eigenvalue weighted by Crippen LogP contribution is -2.58. The average molecular weight is 600 g/mol. The summed E-state index contributed by atoms with van der Waals surface area (Å²) in [7, 11) is 0. The molecule has 9 nitrogen and oxygen atoms in total. The van der Waals surface area contributed by atoms with Crippen LogP contribution in [0.25, 0.3) is 22.0 Å². The third kappa shape index (κ3) is 4.93. The van der Waals surface area contributed by atoms with E-state index in [1.165, 1.54) is 12.1 Å². The van der Waals surface area contributed by atoms with E-state index >= 15 is 4.39 Å². The summed E-state index contributed by atoms with van der Waals surface area (Å²) in [6.07, 6.45) is 2.19. The fourth-order valence-electron chi connectivity index (χ4n) is 6.21. The number of hydrogen-bond donors (Lipinski definition) is 1. The molecule has 0 aliphatic carbocycles. The molecule has 2 aromatic carbocycles. The van der Waals surface area contributed by atoms with E-state index in [-0.39, 0.29) is 59.2 Å². The highest BCUT2D eigenvalue weighted by Gasteiger charge is 2.36. The lowest BCUT2D eigenvalue weighted by molar-refractivity contribution is -0.128. The van der Waals surface area contributed by atoms with E-state index in [1.54, 1.807) is 15.5 Å². The van der Waals surface area contributed by atoms with Gasteiger partial charge in [-0.25, -0.2) is 13.6 Å². The fraction of sp³-hybridized carbons (Fsp3) is 0.433. The molecule has 222 valence electrons. The first-order valence-electron chi connectivity index (χ1n) is 14.1. The molecule has 1 amide bonds. The summed E-state index contributed by atoms with van der Waals surface area (Å²) < 4.78 is 42.8. The highest BCUT2D eigenvalue weighted by molar-refractivity contribution is 6.35. The maximum atomic E-state index is 15.1. The zero-order valence-electron chi connectivity index (χ0n) is 23.4. The zero-order valence-corrected chi connectivity index (χ0v) is 24.2. The van der Waals surface area contributed by atoms with E-state index in [0.717, 1.165) is 31.6 Å². The molecule has 4 heterocycles. The second kappa shape index (κ2) is 11.3. The van der Waals surface area contributed by atoms with Crippen LogP contribution in [0, 0.1) is 11.6 Å². The number of halogens is 3. The van der Waals surface area contributed by atoms with Crippen molar-refractivity contribution in [3.05, 3.63) is 64.1 Å². The summed E-state index contributed by atoms with van der Waals surface area (Å²) in [6.45, 7) is 10.2. The molecule has 3 aliphatic rings. The molecule has 2 saturated heterocycles. The first-order valence-corrected chi connectivity index (χ1v) is 14.4. The molecule has 0 radical (unpaired) electrons. The molecule has 12 heteroatoms. The normalized spacial score (nSPS) is 23.7. The molecule has 3 aromatic rings. The SMILES string of the molecule is C=CC(=O)N1C[C@H](C)N(c2nc(=O)n3c4c(c(-c5ccc(F)cc5F)c(Cl)cc24)OC[C@H]3CO[C@H]2CCNC2)C[C@H]1C. The third-order valence-corrected chi connectivity index (χ3v) is 8.64. The molecule has 6 rings (SSSR count). The zero-order chi connectivity index (χ0) is 29.7. The van der Waals surface area contributed by atoms with Crippen LogP contribution in [-0.4, -0.2) is 77.9 Å². The van der Waals surface area contributed by atoms with Crippen molar-refractivity contribution in [3.63, 3.8) is 0 Å². The van der Waals surface area contributed by atoms with E-state index in [2.05, 4.69) is 16.9 Å². The Kier molecular flexibility index (Phi) is 7.67. The second-order valence-electron chi connectivity index (χ2n) is 11.1. The van der Waals surface area contributed by atoms with Gasteiger partial charge in [0.25, 0.3) is 0 Å². The smallest absolute Gasteiger partial charge is 0.350 e. The van der Waals surface area contributed by atoms with Crippen molar-refractivity contribution in [2.75, 3.05) is 44.3 Å². The first kappa shape index (κ1) is 28.6. The summed E-state index contributed by atoms with van der Waals surface area (Å²) in [5.41, 5.74) is 0.203. The Hall–Kier alpha value is -3.54. The lowest BCUT2D eigenvalue weighted by atomic mass is 9.99. The van der Waals surface area contributed by atoms with Gasteiger partial charge >= 0.3 is 5.69 Å². The third-order valence-electron chi connectivity index (χ3n) is 8.34. The highest BCUT2D eigenvalue weighted by atomic mass is 35.5. The van der Waals surface area contributed by atoms with Crippen LogP contribution in [-0.2, 0) is 9.53 Å². The standard InChI is InChI=1S/C30H32ClF2N5O4/c1-4-25(39)36-12-17(3)37(13-16(36)2)29-22-10-23(31)26(21-6-5-18(32)9-24(21)33)28-27(22)38(30(40)35-29)19(15-42-28)14-41-20-7-8-34-11-20/h4-6,9-10,16-17,19-20,34H,1,7-8,11-15H2,2-3H3/t16-,17+,19-,20+/m1/s1. The van der Waals surface area contributed by atoms with Crippen LogP contribution in [0.15, 0.2) is 41.7 Å². The van der Waals surface area contributed by atoms with Gasteiger partial charge in [0.1, 0.15) is 24.1 Å². The number of piperazine rings is 1. The van der Waals surface area contributed by atoms with Crippen LogP contribution in [0.4, 0.5) is 14.6 Å². The molecule has 3 aliphatic heterocycles. The largest absolute Gasteiger partial charge is 0.488 e. The molecule has 0 unspecified atom stereocenters. The lowest BCUT2D eigenvalue weighted by Gasteiger charge is -2.45. The van der Waals surface area contributed by atoms with Crippen molar-refractivity contribution >= 4 is 34.2 Å². The Morgan fingerprint density at radius 2 is 2.07 bits per heavy atom. The van der Waals surface area contributed by atoms with Crippen molar-refractivity contribution < 1.29 is 23.0 Å². The maximum absolute atomic E-state index is 15.1. The van der Waals surface area contributed by atoms with Gasteiger partial charge in [-0.1, -0.05) is 18.2 Å². The molecular formula is C30H32ClF2N5O4. The minimum atomic E-state index is -0.802. The number of rotatable bonds is 6. The number of ether oxygens (including phenoxy) is 2. The van der Waals surface area contributed by atoms with Crippen molar-refractivity contribution in [3.8, 4) is 16.9 Å². The van der Waals surface area contributed by atoms with E-state index < -0.39 is 23.4 Å². The van der Waals surface area contributed by atoms with Crippen molar-refractivity contribution in [1.29, 1.82) is 0 Å². The molecule has 0 saturated carbocycles. The number of carbonyl (C=O) groups is 1. The molecule has 4 atom stereocenters. The number of nitrogens with one attached hydrogen (secondary N) is 1. The van der Waals surface area contributed by atoms with Gasteiger partial charge in [-0.3, -0.25) is 9.36 Å². The summed E-state index contributed by atoms with van der Waals surface area (Å²) in [4.78, 5) is 34.6. The van der Waals surface area contributed by atoms with Gasteiger partial charge < -0.3 is 24.6 Å². The summed E-state index contributed by atoms with van der Waals surface area (Å²) in [5.74, 6) is -1.06. The van der Waals surface area contributed by atoms with Crippen molar-refractivity contribution in [2.24, 2.45) is 0 Å². The Labute approximate surface area is 246 Å². The van der Waals surface area contributed by atoms with Crippen LogP contribution in [0.5, 0.6) is 5.75 Å². The quantitative estimate of drug-likeness (QED) is 0.430. The number of anilines is 1. The van der Waals surface area contributed by atoms with Gasteiger partial charge in [-0.05, 0) is 51.1 Å². The Bertz CT molecular complexity index is 1630. The minimum Gasteiger partial charge on any atom is -0.488 e. The molecule has 1 aromatic heterocycles. The number of nitrogens with zero attached hydrogens (tertiary/aromatic N) is 4. The van der Waals surface area contributed by atoms with Crippen molar-refractivity contribution in [2.45, 2.75) is 44.5 Å². The molecule has 1 N–H and O–H groups in total. The fourth-order valence-corrected chi connectivity index (χ4v) is 6.50. The van der Waals surface area contributed by atoms with Gasteiger partial charge in [0.2, 0.25) is 5.91 Å². The molecule has 42 heavy (non-hydrogen) atoms. The number of amides is 1. The topological polar surface area (TPSA) is 88.9 Å². The Morgan fingerprint density at radius 1 is 1.26 bits per heavy atom. The van der Waals surface area contributed by atoms with E-state index in [9.17, 15) is 14.0 Å². The van der Waals surface area contributed by atoms with Crippen LogP contribution < -0.4 is 20.6 Å². The summed E-state index contributed by atoms with van der Waals surface area (Å²) in [5, 5.41) is 3.99. The predicted octanol–water partition coefficient (Wildman–Crippen LogP) is 3.92. The number of aromatic nitrogens is 2. The van der Waals surface area contributed by atoms with E-state index in [0.29, 0.717) is 29.8 Å². The first-order chi connectivity index (χ1) is 20.2. The highest BCUT2D eigenvalue weighted by Crippen LogP contribution is 2.47. The maximum Gasteiger partial charge on any atom is 0.350 e. The van der Waals surface area contributed by atoms with Gasteiger partial charge in [0.05, 0.1) is 29.3 Å². The van der Waals surface area contributed by atoms with Gasteiger partial charge in [0, 0.05) is 54.3 Å². The predicted molar refractivity (Wildman–Crippen MR) is 156 cm³/mol. The number of carbonyl (C=O) groups excluding carboxylic acids is 1. The molecular weight excluding hydrogens is 568 g/mol. The summed E-state index contributed by atoms with van der Waals surface area (Å²) in [6, 6.07) is 4.05. The Morgan fingerprint density at radius 3 is 2.79 bits per heavy atom. The molecule has 0 bridgehead atoms. The molecule has 0 spiro atoms. The minimum absolute atomic E-state index is 0.0239. The van der Waals surface area contributed by atoms with Crippen LogP contribution in [0.1, 0.15) is 26.3 Å². The number of benzene rings is 2. The van der Waals surface area contributed by atoms with Gasteiger partial charge in [0.15, 0.2) is 5.75 Å². The van der Waals surface area contributed by atoms with Gasteiger partial charge in [-0.2, -0.15) is 4.98 Å². The molecule has 2 fully saturated rings. The number of hydrogen-bond acceptors (Lipinski definition) is 7. The van der Waals surface area contributed by atoms with Crippen LogP contribution in [0.2, 0.25) is 5.02 Å². The van der Waals surface area contributed by atoms with Gasteiger partial charge in [-0.15, -0.1) is 0 Å². The second-order valence-corrected chi connectivity index (χ2v) is 11.5. The van der Waals surface area contributed by atoms with Crippen molar-refractivity contribution in [1.82, 2.24) is 19.8 Å². The van der Waals surface area contributed by atoms with E-state index in [1.807, 2.05) is 18.7 Å². The van der Waals surface area contributed by atoms with E-state index in [4.69, 9.17) is 21.1 Å². The van der Waals surface area contributed by atoms with Crippen LogP contribution >= 0.6 is 11.6 Å². The average Bonchev–Trinajstić information content (AvgIpc) is 3.49. The Balaban J connectivity index is 1.52. The van der Waals surface area contributed by atoms with Crippen LogP contribution in [0.3, 0.4) is 0 Å².